The zero-order chi connectivity index (χ0) is 6.69. The summed E-state index contributed by atoms with van der Waals surface area (Å²) in [4.78, 5) is 0. The largest absolute Gasteiger partial charge is 0.384 e. The van der Waals surface area contributed by atoms with Gasteiger partial charge in [0.15, 0.2) is 0 Å². The van der Waals surface area contributed by atoms with Gasteiger partial charge in [0.25, 0.3) is 0 Å². The van der Waals surface area contributed by atoms with Crippen LogP contribution in [0, 0.1) is 5.92 Å². The van der Waals surface area contributed by atoms with Crippen molar-refractivity contribution in [2.45, 2.75) is 25.3 Å². The van der Waals surface area contributed by atoms with Crippen LogP contribution < -0.4 is 5.73 Å². The van der Waals surface area contributed by atoms with E-state index in [2.05, 4.69) is 0 Å². The van der Waals surface area contributed by atoms with Crippen molar-refractivity contribution in [2.75, 3.05) is 13.7 Å². The quantitative estimate of drug-likeness (QED) is 0.597. The summed E-state index contributed by atoms with van der Waals surface area (Å²) < 4.78 is 5.02. The summed E-state index contributed by atoms with van der Waals surface area (Å²) >= 11 is 0. The summed E-state index contributed by atoms with van der Waals surface area (Å²) in [6.07, 6.45) is 3.73. The van der Waals surface area contributed by atoms with Crippen LogP contribution in [0.25, 0.3) is 0 Å². The molecular weight excluding hydrogens is 114 g/mol. The molecule has 2 nitrogen and oxygen atoms in total. The van der Waals surface area contributed by atoms with E-state index in [1.807, 2.05) is 0 Å². The fourth-order valence-electron chi connectivity index (χ4n) is 1.49. The number of ether oxygens (including phenoxy) is 1. The molecule has 0 aromatic carbocycles. The van der Waals surface area contributed by atoms with Gasteiger partial charge in [-0.2, -0.15) is 0 Å². The predicted octanol–water partition coefficient (Wildman–Crippen LogP) is 0.760. The normalized spacial score (nSPS) is 35.3. The molecule has 54 valence electrons. The van der Waals surface area contributed by atoms with Gasteiger partial charge < -0.3 is 10.5 Å². The van der Waals surface area contributed by atoms with Gasteiger partial charge >= 0.3 is 0 Å². The molecule has 2 N–H and O–H groups in total. The minimum atomic E-state index is 0.407. The first-order valence-corrected chi connectivity index (χ1v) is 3.59. The minimum Gasteiger partial charge on any atom is -0.384 e. The van der Waals surface area contributed by atoms with E-state index in [1.165, 1.54) is 19.3 Å². The third-order valence-electron chi connectivity index (χ3n) is 2.10. The lowest BCUT2D eigenvalue weighted by atomic mass is 10.1. The number of rotatable bonds is 2. The van der Waals surface area contributed by atoms with Gasteiger partial charge in [-0.15, -0.1) is 0 Å². The van der Waals surface area contributed by atoms with Crippen LogP contribution in [-0.4, -0.2) is 19.8 Å². The van der Waals surface area contributed by atoms with Crippen LogP contribution in [0.2, 0.25) is 0 Å². The second-order valence-corrected chi connectivity index (χ2v) is 2.81. The Morgan fingerprint density at radius 2 is 2.33 bits per heavy atom. The first-order valence-electron chi connectivity index (χ1n) is 3.59. The van der Waals surface area contributed by atoms with E-state index in [-0.39, 0.29) is 0 Å². The average Bonchev–Trinajstić information content (AvgIpc) is 2.18. The third kappa shape index (κ3) is 1.66. The maximum absolute atomic E-state index is 5.79. The molecule has 1 aliphatic rings. The molecular formula is C7H15NO. The van der Waals surface area contributed by atoms with Crippen LogP contribution in [0.4, 0.5) is 0 Å². The summed E-state index contributed by atoms with van der Waals surface area (Å²) in [5.74, 6) is 0.634. The van der Waals surface area contributed by atoms with Crippen molar-refractivity contribution in [1.29, 1.82) is 0 Å². The Kier molecular flexibility index (Phi) is 2.49. The highest BCUT2D eigenvalue weighted by Crippen LogP contribution is 2.23. The molecule has 0 spiro atoms. The highest BCUT2D eigenvalue weighted by atomic mass is 16.5. The molecule has 0 aromatic rings. The Morgan fingerprint density at radius 1 is 1.56 bits per heavy atom. The van der Waals surface area contributed by atoms with E-state index in [0.29, 0.717) is 12.0 Å². The lowest BCUT2D eigenvalue weighted by Gasteiger charge is -2.12. The second-order valence-electron chi connectivity index (χ2n) is 2.81. The molecule has 0 bridgehead atoms. The van der Waals surface area contributed by atoms with Gasteiger partial charge in [-0.25, -0.2) is 0 Å². The van der Waals surface area contributed by atoms with Gasteiger partial charge in [0.05, 0.1) is 6.61 Å². The van der Waals surface area contributed by atoms with Crippen LogP contribution >= 0.6 is 0 Å². The second kappa shape index (κ2) is 3.18. The van der Waals surface area contributed by atoms with Crippen LogP contribution in [-0.2, 0) is 4.74 Å². The highest BCUT2D eigenvalue weighted by molar-refractivity contribution is 4.79. The highest BCUT2D eigenvalue weighted by Gasteiger charge is 2.22. The Bertz CT molecular complexity index is 85.0. The van der Waals surface area contributed by atoms with Crippen molar-refractivity contribution in [2.24, 2.45) is 11.7 Å². The third-order valence-corrected chi connectivity index (χ3v) is 2.10. The maximum Gasteiger partial charge on any atom is 0.0505 e. The van der Waals surface area contributed by atoms with E-state index >= 15 is 0 Å². The molecule has 2 atom stereocenters. The van der Waals surface area contributed by atoms with Gasteiger partial charge in [-0.05, 0) is 18.8 Å². The number of nitrogens with two attached hydrogens (primary N) is 1. The van der Waals surface area contributed by atoms with Crippen molar-refractivity contribution in [3.05, 3.63) is 0 Å². The van der Waals surface area contributed by atoms with E-state index in [4.69, 9.17) is 10.5 Å². The number of hydrogen-bond donors (Lipinski definition) is 1. The van der Waals surface area contributed by atoms with Crippen molar-refractivity contribution >= 4 is 0 Å². The van der Waals surface area contributed by atoms with Crippen LogP contribution in [0.1, 0.15) is 19.3 Å². The zero-order valence-corrected chi connectivity index (χ0v) is 5.97. The summed E-state index contributed by atoms with van der Waals surface area (Å²) in [7, 11) is 1.74. The van der Waals surface area contributed by atoms with E-state index in [9.17, 15) is 0 Å². The average molecular weight is 129 g/mol. The molecule has 1 fully saturated rings. The van der Waals surface area contributed by atoms with E-state index in [1.54, 1.807) is 7.11 Å². The van der Waals surface area contributed by atoms with E-state index in [0.717, 1.165) is 6.61 Å². The van der Waals surface area contributed by atoms with Crippen molar-refractivity contribution in [1.82, 2.24) is 0 Å². The lowest BCUT2D eigenvalue weighted by molar-refractivity contribution is 0.148. The molecule has 0 unspecified atom stereocenters. The summed E-state index contributed by atoms with van der Waals surface area (Å²) in [5, 5.41) is 0. The molecule has 1 aliphatic carbocycles. The van der Waals surface area contributed by atoms with Crippen LogP contribution in [0.3, 0.4) is 0 Å². The molecule has 0 aromatic heterocycles. The lowest BCUT2D eigenvalue weighted by Crippen LogP contribution is -2.27. The van der Waals surface area contributed by atoms with Gasteiger partial charge in [-0.1, -0.05) is 6.42 Å². The molecule has 9 heavy (non-hydrogen) atoms. The van der Waals surface area contributed by atoms with Gasteiger partial charge in [0.1, 0.15) is 0 Å². The standard InChI is InChI=1S/C7H15NO/c1-9-5-6-3-2-4-7(6)8/h6-7H,2-5,8H2,1H3/t6-,7-/m1/s1. The summed E-state index contributed by atoms with van der Waals surface area (Å²) in [6, 6.07) is 0.407. The molecule has 1 rings (SSSR count). The van der Waals surface area contributed by atoms with Gasteiger partial charge in [0.2, 0.25) is 0 Å². The van der Waals surface area contributed by atoms with Gasteiger partial charge in [-0.3, -0.25) is 0 Å². The van der Waals surface area contributed by atoms with Crippen molar-refractivity contribution in [3.8, 4) is 0 Å². The Morgan fingerprint density at radius 3 is 2.78 bits per heavy atom. The van der Waals surface area contributed by atoms with Crippen LogP contribution in [0.5, 0.6) is 0 Å². The first-order chi connectivity index (χ1) is 4.34. The molecule has 0 saturated heterocycles. The summed E-state index contributed by atoms with van der Waals surface area (Å²) in [6.45, 7) is 0.848. The van der Waals surface area contributed by atoms with E-state index < -0.39 is 0 Å². The Balaban J connectivity index is 2.22. The van der Waals surface area contributed by atoms with Crippen molar-refractivity contribution in [3.63, 3.8) is 0 Å². The topological polar surface area (TPSA) is 35.2 Å². The van der Waals surface area contributed by atoms with Crippen LogP contribution in [0.15, 0.2) is 0 Å². The molecule has 0 amide bonds. The Hall–Kier alpha value is -0.0800. The minimum absolute atomic E-state index is 0.407. The molecule has 0 aliphatic heterocycles. The number of hydrogen-bond acceptors (Lipinski definition) is 2. The fourth-order valence-corrected chi connectivity index (χ4v) is 1.49. The fraction of sp³-hybridized carbons (Fsp3) is 1.00. The zero-order valence-electron chi connectivity index (χ0n) is 5.97. The monoisotopic (exact) mass is 129 g/mol. The number of methoxy groups -OCH3 is 1. The van der Waals surface area contributed by atoms with Crippen molar-refractivity contribution < 1.29 is 4.74 Å². The SMILES string of the molecule is COC[C@H]1CCC[C@H]1N. The van der Waals surface area contributed by atoms with Gasteiger partial charge in [0, 0.05) is 13.2 Å². The molecule has 1 saturated carbocycles. The molecule has 0 heterocycles. The first kappa shape index (κ1) is 7.03. The summed E-state index contributed by atoms with van der Waals surface area (Å²) in [5.41, 5.74) is 5.79. The Labute approximate surface area is 56.4 Å². The molecule has 2 heteroatoms. The maximum atomic E-state index is 5.79. The smallest absolute Gasteiger partial charge is 0.0505 e. The predicted molar refractivity (Wildman–Crippen MR) is 37.2 cm³/mol. The molecule has 0 radical (unpaired) electrons.